The molecule has 3 N–H and O–H groups in total. The Morgan fingerprint density at radius 1 is 1.44 bits per heavy atom. The van der Waals surface area contributed by atoms with Gasteiger partial charge in [0.2, 0.25) is 0 Å². The Kier molecular flexibility index (Phi) is 4.92. The fourth-order valence-corrected chi connectivity index (χ4v) is 1.39. The van der Waals surface area contributed by atoms with Crippen LogP contribution in [0.4, 0.5) is 0 Å². The van der Waals surface area contributed by atoms with Gasteiger partial charge in [0.25, 0.3) is 0 Å². The molecule has 1 aromatic heterocycles. The van der Waals surface area contributed by atoms with Gasteiger partial charge in [-0.05, 0) is 18.5 Å². The van der Waals surface area contributed by atoms with Crippen molar-refractivity contribution in [1.82, 2.24) is 15.1 Å². The first kappa shape index (κ1) is 13.2. The molecule has 0 aliphatic carbocycles. The Morgan fingerprint density at radius 2 is 2.12 bits per heavy atom. The summed E-state index contributed by atoms with van der Waals surface area (Å²) in [4.78, 5) is 0. The normalized spacial score (nSPS) is 12.0. The molecule has 0 atom stereocenters. The predicted octanol–water partition coefficient (Wildman–Crippen LogP) is -0.457. The summed E-state index contributed by atoms with van der Waals surface area (Å²) in [6, 6.07) is 0. The van der Waals surface area contributed by atoms with E-state index in [1.54, 1.807) is 4.68 Å². The molecule has 5 nitrogen and oxygen atoms in total. The van der Waals surface area contributed by atoms with Crippen LogP contribution in [0.1, 0.15) is 12.5 Å². The fraction of sp³-hybridized carbons (Fsp3) is 0.727. The lowest BCUT2D eigenvalue weighted by Gasteiger charge is -2.24. The topological polar surface area (TPSA) is 70.3 Å². The maximum Gasteiger partial charge on any atom is 0.0522 e. The molecule has 0 aliphatic rings. The second-order valence-electron chi connectivity index (χ2n) is 4.58. The molecule has 1 heterocycles. The number of aryl methyl sites for hydroxylation is 1. The molecular weight excluding hydrogens is 206 g/mol. The molecule has 0 fully saturated rings. The summed E-state index contributed by atoms with van der Waals surface area (Å²) in [7, 11) is 1.89. The van der Waals surface area contributed by atoms with E-state index in [2.05, 4.69) is 10.4 Å². The number of hydrogen-bond donors (Lipinski definition) is 3. The highest BCUT2D eigenvalue weighted by molar-refractivity contribution is 5.03. The molecule has 0 bridgehead atoms. The van der Waals surface area contributed by atoms with Crippen molar-refractivity contribution in [3.8, 4) is 0 Å². The number of nitrogens with zero attached hydrogens (tertiary/aromatic N) is 2. The molecule has 1 rings (SSSR count). The first-order valence-electron chi connectivity index (χ1n) is 5.49. The van der Waals surface area contributed by atoms with Gasteiger partial charge in [0, 0.05) is 25.2 Å². The lowest BCUT2D eigenvalue weighted by molar-refractivity contribution is 0.0700. The monoisotopic (exact) mass is 227 g/mol. The zero-order chi connectivity index (χ0) is 12.0. The Hall–Kier alpha value is -0.910. The molecule has 0 amide bonds. The third-order valence-corrected chi connectivity index (χ3v) is 2.66. The van der Waals surface area contributed by atoms with Crippen LogP contribution in [0.15, 0.2) is 12.4 Å². The third-order valence-electron chi connectivity index (χ3n) is 2.66. The van der Waals surface area contributed by atoms with Crippen LogP contribution in [-0.4, -0.2) is 46.3 Å². The summed E-state index contributed by atoms with van der Waals surface area (Å²) in [5.74, 6) is 0. The van der Waals surface area contributed by atoms with Crippen LogP contribution in [0.3, 0.4) is 0 Å². The Morgan fingerprint density at radius 3 is 2.62 bits per heavy atom. The molecule has 5 heteroatoms. The van der Waals surface area contributed by atoms with Crippen molar-refractivity contribution in [2.75, 3.05) is 26.3 Å². The number of aliphatic hydroxyl groups excluding tert-OH is 2. The van der Waals surface area contributed by atoms with E-state index in [0.29, 0.717) is 6.54 Å². The largest absolute Gasteiger partial charge is 0.396 e. The van der Waals surface area contributed by atoms with Crippen LogP contribution in [0, 0.1) is 5.41 Å². The molecule has 16 heavy (non-hydrogen) atoms. The summed E-state index contributed by atoms with van der Waals surface area (Å²) >= 11 is 0. The van der Waals surface area contributed by atoms with E-state index in [0.717, 1.165) is 13.0 Å². The number of aliphatic hydroxyl groups is 2. The van der Waals surface area contributed by atoms with Crippen LogP contribution in [0.2, 0.25) is 0 Å². The van der Waals surface area contributed by atoms with Gasteiger partial charge in [0.05, 0.1) is 19.4 Å². The molecule has 1 aromatic rings. The minimum Gasteiger partial charge on any atom is -0.396 e. The van der Waals surface area contributed by atoms with Gasteiger partial charge >= 0.3 is 0 Å². The molecule has 0 saturated carbocycles. The summed E-state index contributed by atoms with van der Waals surface area (Å²) in [5, 5.41) is 25.5. The Balaban J connectivity index is 2.21. The van der Waals surface area contributed by atoms with Crippen molar-refractivity contribution >= 4 is 0 Å². The molecular formula is C11H21N3O2. The van der Waals surface area contributed by atoms with Crippen molar-refractivity contribution in [1.29, 1.82) is 0 Å². The van der Waals surface area contributed by atoms with Gasteiger partial charge in [0.15, 0.2) is 0 Å². The van der Waals surface area contributed by atoms with Crippen molar-refractivity contribution < 1.29 is 10.2 Å². The van der Waals surface area contributed by atoms with Crippen LogP contribution in [-0.2, 0) is 13.5 Å². The van der Waals surface area contributed by atoms with Crippen molar-refractivity contribution in [3.63, 3.8) is 0 Å². The van der Waals surface area contributed by atoms with Gasteiger partial charge in [0.1, 0.15) is 0 Å². The first-order valence-corrected chi connectivity index (χ1v) is 5.49. The Bertz CT molecular complexity index is 308. The summed E-state index contributed by atoms with van der Waals surface area (Å²) in [5.41, 5.74) is 0.749. The average Bonchev–Trinajstić information content (AvgIpc) is 2.70. The lowest BCUT2D eigenvalue weighted by atomic mass is 9.93. The van der Waals surface area contributed by atoms with Gasteiger partial charge < -0.3 is 15.5 Å². The minimum atomic E-state index is -0.436. The smallest absolute Gasteiger partial charge is 0.0522 e. The summed E-state index contributed by atoms with van der Waals surface area (Å²) in [6.45, 7) is 3.26. The highest BCUT2D eigenvalue weighted by Gasteiger charge is 2.21. The van der Waals surface area contributed by atoms with Gasteiger partial charge in [-0.2, -0.15) is 5.10 Å². The zero-order valence-electron chi connectivity index (χ0n) is 9.98. The van der Waals surface area contributed by atoms with E-state index in [1.165, 1.54) is 5.56 Å². The minimum absolute atomic E-state index is 0.0105. The second-order valence-corrected chi connectivity index (χ2v) is 4.58. The predicted molar refractivity (Wildman–Crippen MR) is 62.1 cm³/mol. The van der Waals surface area contributed by atoms with Crippen LogP contribution < -0.4 is 5.32 Å². The molecule has 0 saturated heterocycles. The van der Waals surface area contributed by atoms with Gasteiger partial charge in [-0.1, -0.05) is 6.92 Å². The van der Waals surface area contributed by atoms with E-state index in [4.69, 9.17) is 10.2 Å². The zero-order valence-corrected chi connectivity index (χ0v) is 9.98. The van der Waals surface area contributed by atoms with Gasteiger partial charge in [-0.3, -0.25) is 4.68 Å². The molecule has 0 spiro atoms. The fourth-order valence-electron chi connectivity index (χ4n) is 1.39. The Labute approximate surface area is 96.1 Å². The molecule has 92 valence electrons. The molecule has 0 aromatic carbocycles. The molecule has 0 aliphatic heterocycles. The van der Waals surface area contributed by atoms with Crippen LogP contribution in [0.25, 0.3) is 0 Å². The SMILES string of the molecule is Cn1cc(CCNCC(C)(CO)CO)cn1. The number of hydrogen-bond acceptors (Lipinski definition) is 4. The average molecular weight is 227 g/mol. The van der Waals surface area contributed by atoms with Crippen molar-refractivity contribution in [3.05, 3.63) is 18.0 Å². The van der Waals surface area contributed by atoms with E-state index in [-0.39, 0.29) is 13.2 Å². The van der Waals surface area contributed by atoms with E-state index in [1.807, 2.05) is 26.4 Å². The quantitative estimate of drug-likeness (QED) is 0.551. The van der Waals surface area contributed by atoms with Gasteiger partial charge in [-0.25, -0.2) is 0 Å². The number of rotatable bonds is 7. The summed E-state index contributed by atoms with van der Waals surface area (Å²) in [6.07, 6.45) is 4.73. The van der Waals surface area contributed by atoms with Crippen molar-refractivity contribution in [2.45, 2.75) is 13.3 Å². The number of nitrogens with one attached hydrogen (secondary N) is 1. The summed E-state index contributed by atoms with van der Waals surface area (Å²) < 4.78 is 1.78. The maximum absolute atomic E-state index is 9.09. The van der Waals surface area contributed by atoms with Crippen LogP contribution in [0.5, 0.6) is 0 Å². The molecule has 0 unspecified atom stereocenters. The first-order chi connectivity index (χ1) is 7.59. The number of aromatic nitrogens is 2. The second kappa shape index (κ2) is 5.98. The van der Waals surface area contributed by atoms with Crippen LogP contribution >= 0.6 is 0 Å². The van der Waals surface area contributed by atoms with Crippen molar-refractivity contribution in [2.24, 2.45) is 12.5 Å². The lowest BCUT2D eigenvalue weighted by Crippen LogP contribution is -2.38. The van der Waals surface area contributed by atoms with E-state index < -0.39 is 5.41 Å². The highest BCUT2D eigenvalue weighted by Crippen LogP contribution is 2.11. The maximum atomic E-state index is 9.09. The standard InChI is InChI=1S/C11H21N3O2/c1-11(8-15,9-16)7-12-4-3-10-5-13-14(2)6-10/h5-6,12,15-16H,3-4,7-9H2,1-2H3. The van der Waals surface area contributed by atoms with Gasteiger partial charge in [-0.15, -0.1) is 0 Å². The molecule has 0 radical (unpaired) electrons. The third kappa shape index (κ3) is 3.92. The highest BCUT2D eigenvalue weighted by atomic mass is 16.3. The van der Waals surface area contributed by atoms with E-state index in [9.17, 15) is 0 Å². The van der Waals surface area contributed by atoms with E-state index >= 15 is 0 Å².